The Labute approximate surface area is 244 Å². The second kappa shape index (κ2) is 13.6. The Morgan fingerprint density at radius 3 is 1.95 bits per heavy atom. The van der Waals surface area contributed by atoms with E-state index in [2.05, 4.69) is 10.5 Å². The minimum atomic E-state index is -0.690. The molecule has 4 rings (SSSR count). The third-order valence-corrected chi connectivity index (χ3v) is 5.96. The summed E-state index contributed by atoms with van der Waals surface area (Å²) >= 11 is 17.8. The molecule has 4 aromatic rings. The van der Waals surface area contributed by atoms with Crippen molar-refractivity contribution in [3.05, 3.63) is 123 Å². The van der Waals surface area contributed by atoms with Crippen LogP contribution in [-0.2, 0) is 4.79 Å². The molecule has 0 radical (unpaired) electrons. The zero-order chi connectivity index (χ0) is 28.5. The number of benzene rings is 4. The van der Waals surface area contributed by atoms with Crippen LogP contribution in [0.4, 0.5) is 0 Å². The van der Waals surface area contributed by atoms with Gasteiger partial charge in [0, 0.05) is 21.7 Å². The van der Waals surface area contributed by atoms with Crippen LogP contribution in [0.1, 0.15) is 26.3 Å². The molecule has 0 spiro atoms. The highest BCUT2D eigenvalue weighted by Crippen LogP contribution is 2.26. The van der Waals surface area contributed by atoms with Crippen molar-refractivity contribution in [3.8, 4) is 17.2 Å². The van der Waals surface area contributed by atoms with Crippen LogP contribution in [0.2, 0.25) is 15.1 Å². The van der Waals surface area contributed by atoms with Crippen molar-refractivity contribution in [2.24, 2.45) is 5.10 Å². The van der Waals surface area contributed by atoms with Crippen LogP contribution in [0.25, 0.3) is 0 Å². The number of carbonyl (C=O) groups excluding carboxylic acids is 3. The largest absolute Gasteiger partial charge is 0.482 e. The number of nitrogens with one attached hydrogen (secondary N) is 1. The zero-order valence-electron chi connectivity index (χ0n) is 20.5. The third kappa shape index (κ3) is 8.07. The molecule has 0 bridgehead atoms. The second-order valence-corrected chi connectivity index (χ2v) is 9.28. The van der Waals surface area contributed by atoms with E-state index >= 15 is 0 Å². The molecule has 0 saturated carbocycles. The molecule has 202 valence electrons. The summed E-state index contributed by atoms with van der Waals surface area (Å²) in [7, 11) is 0. The SMILES string of the molecule is O=C(COc1ccccc1Cl)NN=Cc1ccc(OC(=O)c2ccc(Cl)cc2)cc1OC(=O)c1ccc(Cl)cc1. The highest BCUT2D eigenvalue weighted by Gasteiger charge is 2.15. The first-order valence-electron chi connectivity index (χ1n) is 11.6. The van der Waals surface area contributed by atoms with Gasteiger partial charge in [-0.3, -0.25) is 4.79 Å². The average molecular weight is 598 g/mol. The molecule has 0 aromatic heterocycles. The first kappa shape index (κ1) is 28.6. The summed E-state index contributed by atoms with van der Waals surface area (Å²) in [5, 5.41) is 5.20. The lowest BCUT2D eigenvalue weighted by Gasteiger charge is -2.11. The smallest absolute Gasteiger partial charge is 0.343 e. The summed E-state index contributed by atoms with van der Waals surface area (Å²) in [5.41, 5.74) is 3.14. The van der Waals surface area contributed by atoms with E-state index in [0.717, 1.165) is 0 Å². The van der Waals surface area contributed by atoms with Gasteiger partial charge < -0.3 is 14.2 Å². The quantitative estimate of drug-likeness (QED) is 0.101. The Balaban J connectivity index is 1.49. The lowest BCUT2D eigenvalue weighted by atomic mass is 10.2. The van der Waals surface area contributed by atoms with E-state index in [1.54, 1.807) is 48.5 Å². The van der Waals surface area contributed by atoms with Crippen LogP contribution in [0, 0.1) is 0 Å². The van der Waals surface area contributed by atoms with Crippen molar-refractivity contribution in [1.29, 1.82) is 0 Å². The van der Waals surface area contributed by atoms with E-state index in [1.807, 2.05) is 0 Å². The molecule has 11 heteroatoms. The van der Waals surface area contributed by atoms with Gasteiger partial charge in [-0.25, -0.2) is 15.0 Å². The molecule has 0 atom stereocenters. The molecule has 4 aromatic carbocycles. The van der Waals surface area contributed by atoms with E-state index in [4.69, 9.17) is 49.0 Å². The van der Waals surface area contributed by atoms with Crippen LogP contribution in [0.15, 0.2) is 96.1 Å². The van der Waals surface area contributed by atoms with Gasteiger partial charge in [0.2, 0.25) is 0 Å². The van der Waals surface area contributed by atoms with Gasteiger partial charge in [-0.1, -0.05) is 46.9 Å². The molecule has 0 heterocycles. The molecule has 1 N–H and O–H groups in total. The van der Waals surface area contributed by atoms with E-state index < -0.39 is 17.8 Å². The Morgan fingerprint density at radius 2 is 1.32 bits per heavy atom. The van der Waals surface area contributed by atoms with E-state index in [-0.39, 0.29) is 29.2 Å². The highest BCUT2D eigenvalue weighted by molar-refractivity contribution is 6.32. The first-order chi connectivity index (χ1) is 19.3. The van der Waals surface area contributed by atoms with Crippen molar-refractivity contribution < 1.29 is 28.6 Å². The Hall–Kier alpha value is -4.37. The molecular weight excluding hydrogens is 579 g/mol. The number of nitrogens with zero attached hydrogens (tertiary/aromatic N) is 1. The summed E-state index contributed by atoms with van der Waals surface area (Å²) in [5.74, 6) is -1.41. The summed E-state index contributed by atoms with van der Waals surface area (Å²) in [6.45, 7) is -0.334. The predicted molar refractivity (Wildman–Crippen MR) is 152 cm³/mol. The van der Waals surface area contributed by atoms with Crippen LogP contribution in [-0.4, -0.2) is 30.7 Å². The average Bonchev–Trinajstić information content (AvgIpc) is 2.94. The number of ether oxygens (including phenoxy) is 3. The number of amides is 1. The summed E-state index contributed by atoms with van der Waals surface area (Å²) in [6, 6.07) is 23.3. The number of para-hydroxylation sites is 1. The molecule has 40 heavy (non-hydrogen) atoms. The number of carbonyl (C=O) groups is 3. The number of hydrogen-bond donors (Lipinski definition) is 1. The minimum absolute atomic E-state index is 0.0201. The third-order valence-electron chi connectivity index (χ3n) is 5.15. The molecule has 0 saturated heterocycles. The van der Waals surface area contributed by atoms with E-state index in [9.17, 15) is 14.4 Å². The van der Waals surface area contributed by atoms with Crippen LogP contribution < -0.4 is 19.6 Å². The normalized spacial score (nSPS) is 10.7. The topological polar surface area (TPSA) is 103 Å². The Morgan fingerprint density at radius 1 is 0.725 bits per heavy atom. The molecule has 0 aliphatic heterocycles. The number of esters is 2. The van der Waals surface area contributed by atoms with Gasteiger partial charge in [0.25, 0.3) is 5.91 Å². The van der Waals surface area contributed by atoms with E-state index in [1.165, 1.54) is 48.7 Å². The molecule has 0 aliphatic rings. The number of hydrazone groups is 1. The van der Waals surface area contributed by atoms with Crippen molar-refractivity contribution in [2.45, 2.75) is 0 Å². The van der Waals surface area contributed by atoms with Gasteiger partial charge >= 0.3 is 11.9 Å². The van der Waals surface area contributed by atoms with Gasteiger partial charge in [-0.2, -0.15) is 5.10 Å². The minimum Gasteiger partial charge on any atom is -0.482 e. The van der Waals surface area contributed by atoms with Gasteiger partial charge in [-0.15, -0.1) is 0 Å². The monoisotopic (exact) mass is 596 g/mol. The molecular formula is C29H19Cl3N2O6. The van der Waals surface area contributed by atoms with Crippen molar-refractivity contribution in [1.82, 2.24) is 5.43 Å². The fourth-order valence-corrected chi connectivity index (χ4v) is 3.62. The standard InChI is InChI=1S/C29H19Cl3N2O6/c30-21-10-5-18(6-11-21)28(36)39-23-14-9-20(26(15-23)40-29(37)19-7-12-22(31)13-8-19)16-33-34-27(35)17-38-25-4-2-1-3-24(25)32/h1-16H,17H2,(H,34,35). The first-order valence-corrected chi connectivity index (χ1v) is 12.7. The zero-order valence-corrected chi connectivity index (χ0v) is 22.7. The van der Waals surface area contributed by atoms with Crippen molar-refractivity contribution >= 4 is 58.9 Å². The van der Waals surface area contributed by atoms with E-state index in [0.29, 0.717) is 26.4 Å². The van der Waals surface area contributed by atoms with Gasteiger partial charge in [0.1, 0.15) is 17.2 Å². The number of hydrogen-bond acceptors (Lipinski definition) is 7. The number of halogens is 3. The molecule has 1 amide bonds. The van der Waals surface area contributed by atoms with Crippen LogP contribution >= 0.6 is 34.8 Å². The summed E-state index contributed by atoms with van der Waals surface area (Å²) in [4.78, 5) is 37.5. The molecule has 0 fully saturated rings. The van der Waals surface area contributed by atoms with Crippen molar-refractivity contribution in [3.63, 3.8) is 0 Å². The van der Waals surface area contributed by atoms with Crippen molar-refractivity contribution in [2.75, 3.05) is 6.61 Å². The Kier molecular flexibility index (Phi) is 9.75. The highest BCUT2D eigenvalue weighted by atomic mass is 35.5. The fraction of sp³-hybridized carbons (Fsp3) is 0.0345. The predicted octanol–water partition coefficient (Wildman–Crippen LogP) is 6.61. The van der Waals surface area contributed by atoms with Crippen LogP contribution in [0.3, 0.4) is 0 Å². The van der Waals surface area contributed by atoms with Gasteiger partial charge in [0.15, 0.2) is 6.61 Å². The summed E-state index contributed by atoms with van der Waals surface area (Å²) in [6.07, 6.45) is 1.27. The van der Waals surface area contributed by atoms with Gasteiger partial charge in [-0.05, 0) is 72.8 Å². The number of rotatable bonds is 9. The van der Waals surface area contributed by atoms with Crippen LogP contribution in [0.5, 0.6) is 17.2 Å². The lowest BCUT2D eigenvalue weighted by molar-refractivity contribution is -0.123. The lowest BCUT2D eigenvalue weighted by Crippen LogP contribution is -2.24. The maximum absolute atomic E-state index is 12.8. The summed E-state index contributed by atoms with van der Waals surface area (Å²) < 4.78 is 16.4. The molecule has 0 unspecified atom stereocenters. The Bertz CT molecular complexity index is 1560. The maximum atomic E-state index is 12.8. The van der Waals surface area contributed by atoms with Gasteiger partial charge in [0.05, 0.1) is 22.4 Å². The second-order valence-electron chi connectivity index (χ2n) is 8.00. The molecule has 8 nitrogen and oxygen atoms in total. The molecule has 0 aliphatic carbocycles. The fourth-order valence-electron chi connectivity index (χ4n) is 3.18. The maximum Gasteiger partial charge on any atom is 0.343 e.